The van der Waals surface area contributed by atoms with Crippen molar-refractivity contribution in [2.24, 2.45) is 0 Å². The minimum Gasteiger partial charge on any atom is -0.492 e. The molecule has 1 unspecified atom stereocenters. The Morgan fingerprint density at radius 2 is 2.14 bits per heavy atom. The van der Waals surface area contributed by atoms with Crippen LogP contribution in [0.1, 0.15) is 32.1 Å². The number of nitrogens with zero attached hydrogens (tertiary/aromatic N) is 1. The van der Waals surface area contributed by atoms with Gasteiger partial charge in [-0.05, 0) is 47.3 Å². The molecule has 0 spiro atoms. The molecule has 1 N–H and O–H groups in total. The maximum absolute atomic E-state index is 12.2. The number of carboxylic acid groups (broad SMARTS) is 1. The van der Waals surface area contributed by atoms with Gasteiger partial charge in [0.05, 0.1) is 17.5 Å². The standard InChI is InChI=1S/C16H20BrNO4/c17-13-6-1-2-7-14(13)22-10-4-8-15(19)18-9-3-5-12(18)11-16(20)21/h1-2,6-7,12H,3-5,8-11H2,(H,20,21). The van der Waals surface area contributed by atoms with Gasteiger partial charge in [0.1, 0.15) is 5.75 Å². The highest BCUT2D eigenvalue weighted by molar-refractivity contribution is 9.10. The summed E-state index contributed by atoms with van der Waals surface area (Å²) in [5, 5.41) is 8.88. The van der Waals surface area contributed by atoms with Crippen LogP contribution >= 0.6 is 15.9 Å². The summed E-state index contributed by atoms with van der Waals surface area (Å²) in [7, 11) is 0. The van der Waals surface area contributed by atoms with Crippen molar-refractivity contribution in [3.63, 3.8) is 0 Å². The highest BCUT2D eigenvalue weighted by atomic mass is 79.9. The number of para-hydroxylation sites is 1. The van der Waals surface area contributed by atoms with Crippen LogP contribution in [0, 0.1) is 0 Å². The molecule has 0 aliphatic carbocycles. The number of halogens is 1. The normalized spacial score (nSPS) is 17.5. The summed E-state index contributed by atoms with van der Waals surface area (Å²) in [6, 6.07) is 7.44. The average molecular weight is 370 g/mol. The largest absolute Gasteiger partial charge is 0.492 e. The van der Waals surface area contributed by atoms with Crippen LogP contribution in [0.3, 0.4) is 0 Å². The van der Waals surface area contributed by atoms with Crippen LogP contribution in [-0.4, -0.2) is 41.1 Å². The van der Waals surface area contributed by atoms with Gasteiger partial charge in [0.15, 0.2) is 0 Å². The van der Waals surface area contributed by atoms with Crippen molar-refractivity contribution in [2.75, 3.05) is 13.2 Å². The summed E-state index contributed by atoms with van der Waals surface area (Å²) in [5.74, 6) is -0.0543. The van der Waals surface area contributed by atoms with Gasteiger partial charge in [0, 0.05) is 19.0 Å². The molecule has 2 rings (SSSR count). The predicted molar refractivity (Wildman–Crippen MR) is 85.9 cm³/mol. The average Bonchev–Trinajstić information content (AvgIpc) is 2.92. The summed E-state index contributed by atoms with van der Waals surface area (Å²) in [6.07, 6.45) is 2.72. The van der Waals surface area contributed by atoms with Crippen LogP contribution < -0.4 is 4.74 Å². The second-order valence-electron chi connectivity index (χ2n) is 5.36. The number of aliphatic carboxylic acids is 1. The Labute approximate surface area is 138 Å². The van der Waals surface area contributed by atoms with Crippen LogP contribution in [0.15, 0.2) is 28.7 Å². The molecule has 5 nitrogen and oxygen atoms in total. The zero-order valence-corrected chi connectivity index (χ0v) is 13.9. The Morgan fingerprint density at radius 1 is 1.36 bits per heavy atom. The molecule has 0 radical (unpaired) electrons. The van der Waals surface area contributed by atoms with E-state index in [9.17, 15) is 9.59 Å². The predicted octanol–water partition coefficient (Wildman–Crippen LogP) is 3.07. The first-order valence-corrected chi connectivity index (χ1v) is 8.26. The molecule has 1 heterocycles. The van der Waals surface area contributed by atoms with Crippen molar-refractivity contribution in [3.05, 3.63) is 28.7 Å². The highest BCUT2D eigenvalue weighted by Crippen LogP contribution is 2.24. The fourth-order valence-corrected chi connectivity index (χ4v) is 3.09. The first kappa shape index (κ1) is 16.8. The van der Waals surface area contributed by atoms with Gasteiger partial charge in [0.2, 0.25) is 5.91 Å². The van der Waals surface area contributed by atoms with Gasteiger partial charge in [0.25, 0.3) is 0 Å². The summed E-state index contributed by atoms with van der Waals surface area (Å²) in [5.41, 5.74) is 0. The Bertz CT molecular complexity index is 535. The topological polar surface area (TPSA) is 66.8 Å². The van der Waals surface area contributed by atoms with Gasteiger partial charge < -0.3 is 14.7 Å². The maximum atomic E-state index is 12.2. The number of hydrogen-bond donors (Lipinski definition) is 1. The molecule has 0 saturated carbocycles. The maximum Gasteiger partial charge on any atom is 0.305 e. The smallest absolute Gasteiger partial charge is 0.305 e. The van der Waals surface area contributed by atoms with Gasteiger partial charge in [-0.15, -0.1) is 0 Å². The quantitative estimate of drug-likeness (QED) is 0.750. The molecule has 1 saturated heterocycles. The van der Waals surface area contributed by atoms with Crippen molar-refractivity contribution in [3.8, 4) is 5.75 Å². The number of benzene rings is 1. The lowest BCUT2D eigenvalue weighted by Crippen LogP contribution is -2.36. The number of hydrogen-bond acceptors (Lipinski definition) is 3. The molecule has 0 aromatic heterocycles. The van der Waals surface area contributed by atoms with Crippen molar-refractivity contribution in [2.45, 2.75) is 38.1 Å². The van der Waals surface area contributed by atoms with Gasteiger partial charge in [-0.2, -0.15) is 0 Å². The summed E-state index contributed by atoms with van der Waals surface area (Å²) >= 11 is 3.41. The molecule has 1 aromatic carbocycles. The van der Waals surface area contributed by atoms with E-state index in [1.54, 1.807) is 4.90 Å². The molecule has 6 heteroatoms. The van der Waals surface area contributed by atoms with Gasteiger partial charge >= 0.3 is 5.97 Å². The van der Waals surface area contributed by atoms with Crippen molar-refractivity contribution in [1.82, 2.24) is 4.90 Å². The Balaban J connectivity index is 1.73. The van der Waals surface area contributed by atoms with E-state index in [4.69, 9.17) is 9.84 Å². The number of amides is 1. The van der Waals surface area contributed by atoms with Gasteiger partial charge in [-0.3, -0.25) is 9.59 Å². The van der Waals surface area contributed by atoms with Crippen LogP contribution in [0.25, 0.3) is 0 Å². The molecule has 1 fully saturated rings. The van der Waals surface area contributed by atoms with Crippen LogP contribution in [0.4, 0.5) is 0 Å². The van der Waals surface area contributed by atoms with Gasteiger partial charge in [-0.25, -0.2) is 0 Å². The van der Waals surface area contributed by atoms with Crippen LogP contribution in [0.2, 0.25) is 0 Å². The number of carbonyl (C=O) groups is 2. The lowest BCUT2D eigenvalue weighted by molar-refractivity contribution is -0.139. The molecule has 1 aromatic rings. The Kier molecular flexibility index (Phi) is 6.24. The molecule has 1 atom stereocenters. The summed E-state index contributed by atoms with van der Waals surface area (Å²) in [6.45, 7) is 1.13. The minimum absolute atomic E-state index is 0.0273. The highest BCUT2D eigenvalue weighted by Gasteiger charge is 2.29. The van der Waals surface area contributed by atoms with E-state index in [1.807, 2.05) is 24.3 Å². The van der Waals surface area contributed by atoms with E-state index in [-0.39, 0.29) is 18.4 Å². The Hall–Kier alpha value is -1.56. The second-order valence-corrected chi connectivity index (χ2v) is 6.22. The summed E-state index contributed by atoms with van der Waals surface area (Å²) in [4.78, 5) is 24.7. The molecule has 120 valence electrons. The van der Waals surface area contributed by atoms with E-state index < -0.39 is 5.97 Å². The summed E-state index contributed by atoms with van der Waals surface area (Å²) < 4.78 is 6.52. The SMILES string of the molecule is O=C(O)CC1CCCN1C(=O)CCCOc1ccccc1Br. The third-order valence-corrected chi connectivity index (χ3v) is 4.39. The zero-order chi connectivity index (χ0) is 15.9. The number of rotatable bonds is 7. The van der Waals surface area contributed by atoms with Crippen LogP contribution in [-0.2, 0) is 9.59 Å². The van der Waals surface area contributed by atoms with Crippen molar-refractivity contribution >= 4 is 27.8 Å². The third kappa shape index (κ3) is 4.73. The molecule has 0 bridgehead atoms. The fourth-order valence-electron chi connectivity index (χ4n) is 2.69. The third-order valence-electron chi connectivity index (χ3n) is 3.74. The van der Waals surface area contributed by atoms with Crippen molar-refractivity contribution in [1.29, 1.82) is 0 Å². The van der Waals surface area contributed by atoms with Crippen LogP contribution in [0.5, 0.6) is 5.75 Å². The molecule has 1 aliphatic rings. The molecule has 22 heavy (non-hydrogen) atoms. The minimum atomic E-state index is -0.845. The monoisotopic (exact) mass is 369 g/mol. The lowest BCUT2D eigenvalue weighted by Gasteiger charge is -2.23. The molecule has 1 amide bonds. The number of carboxylic acids is 1. The number of carbonyl (C=O) groups excluding carboxylic acids is 1. The zero-order valence-electron chi connectivity index (χ0n) is 12.3. The van der Waals surface area contributed by atoms with E-state index in [2.05, 4.69) is 15.9 Å². The van der Waals surface area contributed by atoms with E-state index in [0.29, 0.717) is 26.0 Å². The fraction of sp³-hybridized carbons (Fsp3) is 0.500. The second kappa shape index (κ2) is 8.17. The lowest BCUT2D eigenvalue weighted by atomic mass is 10.1. The molecule has 1 aliphatic heterocycles. The first-order valence-electron chi connectivity index (χ1n) is 7.46. The Morgan fingerprint density at radius 3 is 2.86 bits per heavy atom. The first-order chi connectivity index (χ1) is 10.6. The van der Waals surface area contributed by atoms with Crippen molar-refractivity contribution < 1.29 is 19.4 Å². The molecular formula is C16H20BrNO4. The number of ether oxygens (including phenoxy) is 1. The van der Waals surface area contributed by atoms with E-state index in [1.165, 1.54) is 0 Å². The molecular weight excluding hydrogens is 350 g/mol. The van der Waals surface area contributed by atoms with E-state index in [0.717, 1.165) is 23.1 Å². The number of likely N-dealkylation sites (tertiary alicyclic amines) is 1. The van der Waals surface area contributed by atoms with Gasteiger partial charge in [-0.1, -0.05) is 12.1 Å². The van der Waals surface area contributed by atoms with E-state index >= 15 is 0 Å².